The second kappa shape index (κ2) is 7.17. The van der Waals surface area contributed by atoms with Gasteiger partial charge in [0.25, 0.3) is 0 Å². The standard InChI is InChI=1S/C17H19NO5/c1-3-12-4-6-13(7-5-12)17(22)11(2)23-16(21)10-18-14(19)8-9-15(18)20/h4-7,11H,3,8-10H2,1-2H3. The number of rotatable bonds is 6. The highest BCUT2D eigenvalue weighted by atomic mass is 16.5. The van der Waals surface area contributed by atoms with Gasteiger partial charge in [-0.15, -0.1) is 0 Å². The molecule has 1 aromatic carbocycles. The summed E-state index contributed by atoms with van der Waals surface area (Å²) in [7, 11) is 0. The molecule has 1 atom stereocenters. The SMILES string of the molecule is CCc1ccc(C(=O)C(C)OC(=O)CN2C(=O)CCC2=O)cc1. The molecule has 2 rings (SSSR count). The molecule has 0 aliphatic carbocycles. The predicted molar refractivity (Wildman–Crippen MR) is 81.7 cm³/mol. The molecule has 1 unspecified atom stereocenters. The first kappa shape index (κ1) is 16.9. The molecule has 1 aromatic rings. The molecule has 0 spiro atoms. The molecule has 0 aromatic heterocycles. The summed E-state index contributed by atoms with van der Waals surface area (Å²) in [6, 6.07) is 7.09. The van der Waals surface area contributed by atoms with Crippen LogP contribution in [-0.2, 0) is 25.5 Å². The normalized spacial score (nSPS) is 15.7. The van der Waals surface area contributed by atoms with Crippen molar-refractivity contribution < 1.29 is 23.9 Å². The third-order valence-electron chi connectivity index (χ3n) is 3.77. The molecule has 0 saturated carbocycles. The summed E-state index contributed by atoms with van der Waals surface area (Å²) in [5.74, 6) is -1.86. The molecule has 1 heterocycles. The van der Waals surface area contributed by atoms with E-state index in [1.807, 2.05) is 19.1 Å². The second-order valence-corrected chi connectivity index (χ2v) is 5.42. The van der Waals surface area contributed by atoms with Crippen LogP contribution >= 0.6 is 0 Å². The molecular weight excluding hydrogens is 298 g/mol. The average molecular weight is 317 g/mol. The molecule has 0 radical (unpaired) electrons. The number of esters is 1. The van der Waals surface area contributed by atoms with Crippen molar-refractivity contribution in [2.24, 2.45) is 0 Å². The van der Waals surface area contributed by atoms with E-state index < -0.39 is 18.6 Å². The smallest absolute Gasteiger partial charge is 0.326 e. The van der Waals surface area contributed by atoms with Gasteiger partial charge in [0.1, 0.15) is 6.54 Å². The van der Waals surface area contributed by atoms with E-state index >= 15 is 0 Å². The lowest BCUT2D eigenvalue weighted by Gasteiger charge is -2.16. The van der Waals surface area contributed by atoms with Crippen molar-refractivity contribution >= 4 is 23.6 Å². The fourth-order valence-corrected chi connectivity index (χ4v) is 2.36. The van der Waals surface area contributed by atoms with Crippen LogP contribution in [0.4, 0.5) is 0 Å². The topological polar surface area (TPSA) is 80.8 Å². The van der Waals surface area contributed by atoms with Gasteiger partial charge in [-0.2, -0.15) is 0 Å². The second-order valence-electron chi connectivity index (χ2n) is 5.42. The number of Topliss-reactive ketones (excluding diaryl/α,β-unsaturated/α-hetero) is 1. The van der Waals surface area contributed by atoms with Gasteiger partial charge in [0.15, 0.2) is 6.10 Å². The highest BCUT2D eigenvalue weighted by Crippen LogP contribution is 2.13. The van der Waals surface area contributed by atoms with Crippen LogP contribution in [0.15, 0.2) is 24.3 Å². The summed E-state index contributed by atoms with van der Waals surface area (Å²) in [6.07, 6.45) is 0.133. The van der Waals surface area contributed by atoms with Crippen LogP contribution in [0.1, 0.15) is 42.6 Å². The average Bonchev–Trinajstić information content (AvgIpc) is 2.86. The van der Waals surface area contributed by atoms with Crippen LogP contribution in [0.5, 0.6) is 0 Å². The minimum Gasteiger partial charge on any atom is -0.453 e. The Morgan fingerprint density at radius 1 is 1.13 bits per heavy atom. The predicted octanol–water partition coefficient (Wildman–Crippen LogP) is 1.51. The minimum atomic E-state index is -0.970. The monoisotopic (exact) mass is 317 g/mol. The molecule has 0 bridgehead atoms. The van der Waals surface area contributed by atoms with Crippen LogP contribution in [0.3, 0.4) is 0 Å². The number of nitrogens with zero attached hydrogens (tertiary/aromatic N) is 1. The first-order valence-corrected chi connectivity index (χ1v) is 7.58. The van der Waals surface area contributed by atoms with Gasteiger partial charge in [-0.25, -0.2) is 0 Å². The first-order valence-electron chi connectivity index (χ1n) is 7.58. The Hall–Kier alpha value is -2.50. The molecule has 1 aliphatic rings. The van der Waals surface area contributed by atoms with Gasteiger partial charge < -0.3 is 4.74 Å². The largest absolute Gasteiger partial charge is 0.453 e. The quantitative estimate of drug-likeness (QED) is 0.451. The zero-order valence-electron chi connectivity index (χ0n) is 13.2. The lowest BCUT2D eigenvalue weighted by atomic mass is 10.0. The number of benzene rings is 1. The van der Waals surface area contributed by atoms with Crippen molar-refractivity contribution in [2.75, 3.05) is 6.54 Å². The third-order valence-corrected chi connectivity index (χ3v) is 3.77. The molecule has 122 valence electrons. The fourth-order valence-electron chi connectivity index (χ4n) is 2.36. The van der Waals surface area contributed by atoms with Crippen LogP contribution in [0, 0.1) is 0 Å². The van der Waals surface area contributed by atoms with Gasteiger partial charge in [-0.1, -0.05) is 31.2 Å². The summed E-state index contributed by atoms with van der Waals surface area (Å²) >= 11 is 0. The first-order chi connectivity index (χ1) is 10.9. The number of carbonyl (C=O) groups is 4. The molecule has 2 amide bonds. The number of hydrogen-bond acceptors (Lipinski definition) is 5. The molecule has 0 N–H and O–H groups in total. The van der Waals surface area contributed by atoms with Crippen molar-refractivity contribution in [1.29, 1.82) is 0 Å². The number of hydrogen-bond donors (Lipinski definition) is 0. The lowest BCUT2D eigenvalue weighted by Crippen LogP contribution is -2.37. The van der Waals surface area contributed by atoms with Gasteiger partial charge in [0.05, 0.1) is 0 Å². The molecule has 6 heteroatoms. The molecular formula is C17H19NO5. The maximum atomic E-state index is 12.2. The number of amides is 2. The number of imide groups is 1. The van der Waals surface area contributed by atoms with Gasteiger partial charge in [0, 0.05) is 18.4 Å². The maximum absolute atomic E-state index is 12.2. The van der Waals surface area contributed by atoms with E-state index in [1.54, 1.807) is 12.1 Å². The van der Waals surface area contributed by atoms with E-state index in [0.29, 0.717) is 5.56 Å². The Bertz CT molecular complexity index is 619. The zero-order valence-corrected chi connectivity index (χ0v) is 13.2. The van der Waals surface area contributed by atoms with Gasteiger partial charge in [-0.05, 0) is 18.9 Å². The molecule has 1 saturated heterocycles. The van der Waals surface area contributed by atoms with Crippen molar-refractivity contribution in [3.05, 3.63) is 35.4 Å². The van der Waals surface area contributed by atoms with Gasteiger partial charge in [0.2, 0.25) is 17.6 Å². The Labute approximate surface area is 134 Å². The summed E-state index contributed by atoms with van der Waals surface area (Å²) in [4.78, 5) is 47.8. The molecule has 1 aliphatic heterocycles. The maximum Gasteiger partial charge on any atom is 0.326 e. The highest BCUT2D eigenvalue weighted by molar-refractivity contribution is 6.04. The van der Waals surface area contributed by atoms with E-state index in [4.69, 9.17) is 4.74 Å². The summed E-state index contributed by atoms with van der Waals surface area (Å²) in [5.41, 5.74) is 1.56. The van der Waals surface area contributed by atoms with Crippen LogP contribution < -0.4 is 0 Å². The van der Waals surface area contributed by atoms with Gasteiger partial charge >= 0.3 is 5.97 Å². The lowest BCUT2D eigenvalue weighted by molar-refractivity contribution is -0.154. The van der Waals surface area contributed by atoms with E-state index in [-0.39, 0.29) is 30.4 Å². The third kappa shape index (κ3) is 4.03. The Balaban J connectivity index is 1.93. The zero-order chi connectivity index (χ0) is 17.0. The number of ketones is 1. The van der Waals surface area contributed by atoms with Crippen molar-refractivity contribution in [1.82, 2.24) is 4.90 Å². The molecule has 23 heavy (non-hydrogen) atoms. The molecule has 1 fully saturated rings. The van der Waals surface area contributed by atoms with E-state index in [9.17, 15) is 19.2 Å². The number of likely N-dealkylation sites (tertiary alicyclic amines) is 1. The summed E-state index contributed by atoms with van der Waals surface area (Å²) < 4.78 is 5.05. The van der Waals surface area contributed by atoms with Crippen molar-refractivity contribution in [3.8, 4) is 0 Å². The summed E-state index contributed by atoms with van der Waals surface area (Å²) in [6.45, 7) is 3.05. The van der Waals surface area contributed by atoms with E-state index in [0.717, 1.165) is 16.9 Å². The number of carbonyl (C=O) groups excluding carboxylic acids is 4. The number of ether oxygens (including phenoxy) is 1. The van der Waals surface area contributed by atoms with Gasteiger partial charge in [-0.3, -0.25) is 24.1 Å². The van der Waals surface area contributed by atoms with Crippen molar-refractivity contribution in [2.45, 2.75) is 39.2 Å². The highest BCUT2D eigenvalue weighted by Gasteiger charge is 2.31. The van der Waals surface area contributed by atoms with Crippen LogP contribution in [0.2, 0.25) is 0 Å². The molecule has 6 nitrogen and oxygen atoms in total. The van der Waals surface area contributed by atoms with E-state index in [2.05, 4.69) is 0 Å². The van der Waals surface area contributed by atoms with E-state index in [1.165, 1.54) is 6.92 Å². The Kier molecular flexibility index (Phi) is 5.26. The Morgan fingerprint density at radius 3 is 2.22 bits per heavy atom. The Morgan fingerprint density at radius 2 is 1.70 bits per heavy atom. The van der Waals surface area contributed by atoms with Crippen LogP contribution in [-0.4, -0.2) is 41.1 Å². The number of aryl methyl sites for hydroxylation is 1. The van der Waals surface area contributed by atoms with Crippen molar-refractivity contribution in [3.63, 3.8) is 0 Å². The minimum absolute atomic E-state index is 0.115. The fraction of sp³-hybridized carbons (Fsp3) is 0.412. The van der Waals surface area contributed by atoms with Crippen LogP contribution in [0.25, 0.3) is 0 Å². The summed E-state index contributed by atoms with van der Waals surface area (Å²) in [5, 5.41) is 0.